The zero-order valence-corrected chi connectivity index (χ0v) is 12.5. The van der Waals surface area contributed by atoms with Gasteiger partial charge in [-0.25, -0.2) is 9.97 Å². The van der Waals surface area contributed by atoms with Crippen LogP contribution in [-0.2, 0) is 6.42 Å². The van der Waals surface area contributed by atoms with Crippen LogP contribution in [0, 0.1) is 6.92 Å². The first kappa shape index (κ1) is 15.3. The molecule has 0 atom stereocenters. The molecule has 0 amide bonds. The molecule has 0 unspecified atom stereocenters. The lowest BCUT2D eigenvalue weighted by atomic mass is 10.1. The smallest absolute Gasteiger partial charge is 0.227 e. The van der Waals surface area contributed by atoms with Crippen LogP contribution in [0.5, 0.6) is 11.6 Å². The molecule has 2 rings (SSSR count). The SMILES string of the molecule is CCCNc1ncnc(Oc2ccc(CCO)cc2)c1C. The van der Waals surface area contributed by atoms with E-state index in [1.54, 1.807) is 0 Å². The van der Waals surface area contributed by atoms with E-state index in [4.69, 9.17) is 9.84 Å². The summed E-state index contributed by atoms with van der Waals surface area (Å²) >= 11 is 0. The number of rotatable bonds is 7. The fourth-order valence-corrected chi connectivity index (χ4v) is 1.92. The van der Waals surface area contributed by atoms with E-state index in [0.717, 1.165) is 35.7 Å². The van der Waals surface area contributed by atoms with E-state index in [2.05, 4.69) is 22.2 Å². The lowest BCUT2D eigenvalue weighted by molar-refractivity contribution is 0.299. The van der Waals surface area contributed by atoms with Gasteiger partial charge in [0.1, 0.15) is 17.9 Å². The molecule has 0 bridgehead atoms. The molecule has 5 heteroatoms. The summed E-state index contributed by atoms with van der Waals surface area (Å²) in [4.78, 5) is 8.41. The topological polar surface area (TPSA) is 67.3 Å². The van der Waals surface area contributed by atoms with Crippen LogP contribution < -0.4 is 10.1 Å². The van der Waals surface area contributed by atoms with Crippen molar-refractivity contribution < 1.29 is 9.84 Å². The van der Waals surface area contributed by atoms with Crippen LogP contribution >= 0.6 is 0 Å². The predicted octanol–water partition coefficient (Wildman–Crippen LogP) is 2.93. The molecule has 21 heavy (non-hydrogen) atoms. The van der Waals surface area contributed by atoms with E-state index in [1.807, 2.05) is 31.2 Å². The van der Waals surface area contributed by atoms with Crippen LogP contribution in [0.4, 0.5) is 5.82 Å². The summed E-state index contributed by atoms with van der Waals surface area (Å²) < 4.78 is 5.81. The van der Waals surface area contributed by atoms with Crippen molar-refractivity contribution in [3.05, 3.63) is 41.7 Å². The third kappa shape index (κ3) is 4.16. The van der Waals surface area contributed by atoms with Gasteiger partial charge < -0.3 is 15.2 Å². The average molecular weight is 287 g/mol. The Hall–Kier alpha value is -2.14. The summed E-state index contributed by atoms with van der Waals surface area (Å²) in [5, 5.41) is 12.2. The third-order valence-corrected chi connectivity index (χ3v) is 3.12. The molecule has 1 heterocycles. The van der Waals surface area contributed by atoms with Crippen LogP contribution in [0.2, 0.25) is 0 Å². The lowest BCUT2D eigenvalue weighted by Crippen LogP contribution is -2.05. The second-order valence-electron chi connectivity index (χ2n) is 4.80. The summed E-state index contributed by atoms with van der Waals surface area (Å²) in [6.45, 7) is 5.06. The maximum Gasteiger partial charge on any atom is 0.227 e. The number of hydrogen-bond acceptors (Lipinski definition) is 5. The predicted molar refractivity (Wildman–Crippen MR) is 82.9 cm³/mol. The Kier molecular flexibility index (Phi) is 5.51. The van der Waals surface area contributed by atoms with Crippen molar-refractivity contribution in [1.29, 1.82) is 0 Å². The van der Waals surface area contributed by atoms with E-state index in [0.29, 0.717) is 12.3 Å². The molecule has 1 aromatic carbocycles. The van der Waals surface area contributed by atoms with Gasteiger partial charge in [0.25, 0.3) is 0 Å². The Morgan fingerprint density at radius 3 is 2.62 bits per heavy atom. The van der Waals surface area contributed by atoms with Crippen LogP contribution in [0.1, 0.15) is 24.5 Å². The zero-order valence-electron chi connectivity index (χ0n) is 12.5. The number of ether oxygens (including phenoxy) is 1. The molecular formula is C16H21N3O2. The minimum absolute atomic E-state index is 0.150. The summed E-state index contributed by atoms with van der Waals surface area (Å²) in [5.41, 5.74) is 1.97. The van der Waals surface area contributed by atoms with E-state index >= 15 is 0 Å². The van der Waals surface area contributed by atoms with Crippen molar-refractivity contribution in [1.82, 2.24) is 9.97 Å². The van der Waals surface area contributed by atoms with E-state index in [-0.39, 0.29) is 6.61 Å². The second kappa shape index (κ2) is 7.59. The molecule has 0 aliphatic carbocycles. The van der Waals surface area contributed by atoms with Crippen molar-refractivity contribution in [2.75, 3.05) is 18.5 Å². The number of hydrogen-bond donors (Lipinski definition) is 2. The van der Waals surface area contributed by atoms with Gasteiger partial charge in [0.05, 0.1) is 5.56 Å². The molecule has 2 N–H and O–H groups in total. The molecule has 0 fully saturated rings. The second-order valence-corrected chi connectivity index (χ2v) is 4.80. The number of aromatic nitrogens is 2. The van der Waals surface area contributed by atoms with Gasteiger partial charge >= 0.3 is 0 Å². The lowest BCUT2D eigenvalue weighted by Gasteiger charge is -2.11. The Morgan fingerprint density at radius 2 is 1.95 bits per heavy atom. The Balaban J connectivity index is 2.11. The summed E-state index contributed by atoms with van der Waals surface area (Å²) in [6, 6.07) is 7.65. The third-order valence-electron chi connectivity index (χ3n) is 3.12. The van der Waals surface area contributed by atoms with Gasteiger partial charge in [0, 0.05) is 13.2 Å². The highest BCUT2D eigenvalue weighted by atomic mass is 16.5. The molecule has 1 aromatic heterocycles. The van der Waals surface area contributed by atoms with Crippen LogP contribution in [-0.4, -0.2) is 28.2 Å². The molecule has 0 radical (unpaired) electrons. The highest BCUT2D eigenvalue weighted by Crippen LogP contribution is 2.26. The summed E-state index contributed by atoms with van der Waals surface area (Å²) in [7, 11) is 0. The minimum atomic E-state index is 0.150. The number of benzene rings is 1. The first-order valence-corrected chi connectivity index (χ1v) is 7.17. The number of nitrogens with one attached hydrogen (secondary N) is 1. The quantitative estimate of drug-likeness (QED) is 0.819. The fraction of sp³-hybridized carbons (Fsp3) is 0.375. The average Bonchev–Trinajstić information content (AvgIpc) is 2.50. The van der Waals surface area contributed by atoms with Gasteiger partial charge in [-0.05, 0) is 37.5 Å². The highest BCUT2D eigenvalue weighted by Gasteiger charge is 2.08. The maximum absolute atomic E-state index is 8.91. The van der Waals surface area contributed by atoms with Crippen molar-refractivity contribution >= 4 is 5.82 Å². The molecule has 0 aliphatic rings. The molecule has 0 spiro atoms. The van der Waals surface area contributed by atoms with Crippen molar-refractivity contribution in [3.63, 3.8) is 0 Å². The van der Waals surface area contributed by atoms with Crippen LogP contribution in [0.3, 0.4) is 0 Å². The zero-order chi connectivity index (χ0) is 15.1. The standard InChI is InChI=1S/C16H21N3O2/c1-3-9-17-15-12(2)16(19-11-18-15)21-14-6-4-13(5-7-14)8-10-20/h4-7,11,20H,3,8-10H2,1-2H3,(H,17,18,19). The first-order valence-electron chi connectivity index (χ1n) is 7.17. The van der Waals surface area contributed by atoms with E-state index in [9.17, 15) is 0 Å². The monoisotopic (exact) mass is 287 g/mol. The molecule has 0 saturated heterocycles. The number of aliphatic hydroxyl groups excluding tert-OH is 1. The Morgan fingerprint density at radius 1 is 1.19 bits per heavy atom. The maximum atomic E-state index is 8.91. The molecule has 0 saturated carbocycles. The molecule has 112 valence electrons. The number of aliphatic hydroxyl groups is 1. The molecular weight excluding hydrogens is 266 g/mol. The summed E-state index contributed by atoms with van der Waals surface area (Å²) in [6.07, 6.45) is 3.18. The van der Waals surface area contributed by atoms with Crippen molar-refractivity contribution in [2.45, 2.75) is 26.7 Å². The number of anilines is 1. The normalized spacial score (nSPS) is 10.4. The van der Waals surface area contributed by atoms with Crippen molar-refractivity contribution in [2.24, 2.45) is 0 Å². The Bertz CT molecular complexity index is 570. The molecule has 5 nitrogen and oxygen atoms in total. The van der Waals surface area contributed by atoms with Gasteiger partial charge in [-0.2, -0.15) is 0 Å². The van der Waals surface area contributed by atoms with Crippen molar-refractivity contribution in [3.8, 4) is 11.6 Å². The minimum Gasteiger partial charge on any atom is -0.439 e. The molecule has 0 aliphatic heterocycles. The van der Waals surface area contributed by atoms with Crippen LogP contribution in [0.15, 0.2) is 30.6 Å². The van der Waals surface area contributed by atoms with Gasteiger partial charge in [0.2, 0.25) is 5.88 Å². The van der Waals surface area contributed by atoms with E-state index in [1.165, 1.54) is 6.33 Å². The van der Waals surface area contributed by atoms with Gasteiger partial charge in [-0.3, -0.25) is 0 Å². The summed E-state index contributed by atoms with van der Waals surface area (Å²) in [5.74, 6) is 2.08. The highest BCUT2D eigenvalue weighted by molar-refractivity contribution is 5.48. The van der Waals surface area contributed by atoms with Crippen LogP contribution in [0.25, 0.3) is 0 Å². The van der Waals surface area contributed by atoms with Gasteiger partial charge in [-0.1, -0.05) is 19.1 Å². The largest absolute Gasteiger partial charge is 0.439 e. The van der Waals surface area contributed by atoms with E-state index < -0.39 is 0 Å². The molecule has 2 aromatic rings. The Labute approximate surface area is 125 Å². The number of nitrogens with zero attached hydrogens (tertiary/aromatic N) is 2. The first-order chi connectivity index (χ1) is 10.2. The van der Waals surface area contributed by atoms with Gasteiger partial charge in [0.15, 0.2) is 0 Å². The van der Waals surface area contributed by atoms with Gasteiger partial charge in [-0.15, -0.1) is 0 Å². The fourth-order valence-electron chi connectivity index (χ4n) is 1.92.